The van der Waals surface area contributed by atoms with Crippen LogP contribution in [0, 0.1) is 0 Å². The Morgan fingerprint density at radius 3 is 2.36 bits per heavy atom. The molecule has 0 fully saturated rings. The van der Waals surface area contributed by atoms with Gasteiger partial charge in [-0.25, -0.2) is 0 Å². The van der Waals surface area contributed by atoms with Crippen LogP contribution in [0.1, 0.15) is 15.9 Å². The lowest BCUT2D eigenvalue weighted by Crippen LogP contribution is -2.26. The van der Waals surface area contributed by atoms with Crippen LogP contribution in [0.3, 0.4) is 0 Å². The number of nitrogens with zero attached hydrogens (tertiary/aromatic N) is 1. The first kappa shape index (κ1) is 23.9. The predicted octanol–water partition coefficient (Wildman–Crippen LogP) is 7.13. The minimum Gasteiger partial charge on any atom is -0.375 e. The van der Waals surface area contributed by atoms with Crippen molar-refractivity contribution in [1.29, 1.82) is 0 Å². The van der Waals surface area contributed by atoms with Gasteiger partial charge in [-0.05, 0) is 47.2 Å². The summed E-state index contributed by atoms with van der Waals surface area (Å²) >= 11 is 13.8. The summed E-state index contributed by atoms with van der Waals surface area (Å²) in [5, 5.41) is 5.99. The molecule has 4 aromatic rings. The number of hydrogen-bond donors (Lipinski definition) is 2. The fourth-order valence-electron chi connectivity index (χ4n) is 3.51. The summed E-state index contributed by atoms with van der Waals surface area (Å²) < 4.78 is 1.93. The van der Waals surface area contributed by atoms with Gasteiger partial charge in [-0.15, -0.1) is 0 Å². The van der Waals surface area contributed by atoms with E-state index in [-0.39, 0.29) is 14.7 Å². The van der Waals surface area contributed by atoms with E-state index in [1.54, 1.807) is 6.07 Å². The SMILES string of the molecule is O=C(NCc1ccccc1)c1ccc2ccccc2c1N(CPO)Sc1cc(Cl)cc(Cl)c1. The molecule has 1 atom stereocenters. The van der Waals surface area contributed by atoms with Gasteiger partial charge in [-0.1, -0.05) is 83.9 Å². The molecule has 0 heterocycles. The van der Waals surface area contributed by atoms with Gasteiger partial charge < -0.3 is 14.5 Å². The van der Waals surface area contributed by atoms with Crippen molar-refractivity contribution in [2.45, 2.75) is 11.4 Å². The van der Waals surface area contributed by atoms with Crippen LogP contribution in [0.25, 0.3) is 10.8 Å². The van der Waals surface area contributed by atoms with E-state index in [1.165, 1.54) is 11.9 Å². The number of anilines is 1. The van der Waals surface area contributed by atoms with Crippen molar-refractivity contribution in [1.82, 2.24) is 5.32 Å². The average molecular weight is 515 g/mol. The van der Waals surface area contributed by atoms with E-state index in [0.717, 1.165) is 26.9 Å². The van der Waals surface area contributed by atoms with Crippen LogP contribution in [0.15, 0.2) is 89.8 Å². The lowest BCUT2D eigenvalue weighted by Gasteiger charge is -2.26. The summed E-state index contributed by atoms with van der Waals surface area (Å²) in [6.07, 6.45) is 0.335. The summed E-state index contributed by atoms with van der Waals surface area (Å²) in [6, 6.07) is 26.7. The van der Waals surface area contributed by atoms with Crippen LogP contribution in [0.5, 0.6) is 0 Å². The first-order valence-electron chi connectivity index (χ1n) is 10.2. The van der Waals surface area contributed by atoms with Crippen molar-refractivity contribution in [3.05, 3.63) is 106 Å². The van der Waals surface area contributed by atoms with Gasteiger partial charge in [-0.2, -0.15) is 0 Å². The smallest absolute Gasteiger partial charge is 0.253 e. The predicted molar refractivity (Wildman–Crippen MR) is 142 cm³/mol. The van der Waals surface area contributed by atoms with Crippen LogP contribution in [-0.2, 0) is 6.54 Å². The number of hydrogen-bond acceptors (Lipinski definition) is 4. The lowest BCUT2D eigenvalue weighted by molar-refractivity contribution is 0.0951. The third-order valence-electron chi connectivity index (χ3n) is 4.96. The van der Waals surface area contributed by atoms with Gasteiger partial charge in [-0.3, -0.25) is 4.79 Å². The second kappa shape index (κ2) is 11.2. The van der Waals surface area contributed by atoms with Crippen LogP contribution in [-0.4, -0.2) is 17.1 Å². The summed E-state index contributed by atoms with van der Waals surface area (Å²) in [7, 11) is -0.343. The zero-order chi connectivity index (χ0) is 23.2. The summed E-state index contributed by atoms with van der Waals surface area (Å²) in [4.78, 5) is 24.0. The van der Waals surface area contributed by atoms with Crippen molar-refractivity contribution in [2.75, 3.05) is 10.6 Å². The average Bonchev–Trinajstić information content (AvgIpc) is 2.81. The molecule has 0 saturated heterocycles. The molecule has 0 aliphatic carbocycles. The highest BCUT2D eigenvalue weighted by atomic mass is 35.5. The molecular formula is C25H21Cl2N2O2PS. The number of nitrogens with one attached hydrogen (secondary N) is 1. The molecule has 4 rings (SSSR count). The third kappa shape index (κ3) is 6.00. The topological polar surface area (TPSA) is 52.6 Å². The van der Waals surface area contributed by atoms with E-state index in [4.69, 9.17) is 23.2 Å². The van der Waals surface area contributed by atoms with Crippen LogP contribution < -0.4 is 9.62 Å². The first-order chi connectivity index (χ1) is 16.0. The second-order valence-corrected chi connectivity index (χ2v) is 9.84. The van der Waals surface area contributed by atoms with Gasteiger partial charge in [0.2, 0.25) is 0 Å². The van der Waals surface area contributed by atoms with Gasteiger partial charge >= 0.3 is 0 Å². The maximum Gasteiger partial charge on any atom is 0.253 e. The minimum atomic E-state index is -0.343. The Morgan fingerprint density at radius 2 is 1.64 bits per heavy atom. The number of carbonyl (C=O) groups is 1. The molecule has 0 bridgehead atoms. The molecule has 0 saturated carbocycles. The van der Waals surface area contributed by atoms with E-state index < -0.39 is 0 Å². The van der Waals surface area contributed by atoms with E-state index in [9.17, 15) is 9.69 Å². The molecule has 0 spiro atoms. The third-order valence-corrected chi connectivity index (χ3v) is 7.06. The van der Waals surface area contributed by atoms with Crippen LogP contribution in [0.2, 0.25) is 10.0 Å². The first-order valence-corrected chi connectivity index (χ1v) is 12.9. The standard InChI is InChI=1S/C25H21Cl2N2O2PS/c26-19-12-20(27)14-21(13-19)33-29(16-32-31)24-22-9-5-4-8-18(22)10-11-23(24)25(30)28-15-17-6-2-1-3-7-17/h1-14,31-32H,15-16H2,(H,28,30). The molecule has 1 amide bonds. The molecule has 0 aliphatic heterocycles. The normalized spacial score (nSPS) is 11.2. The van der Waals surface area contributed by atoms with Crippen LogP contribution in [0.4, 0.5) is 5.69 Å². The highest BCUT2D eigenvalue weighted by Gasteiger charge is 2.21. The van der Waals surface area contributed by atoms with Gasteiger partial charge in [0.1, 0.15) is 0 Å². The number of halogens is 2. The quantitative estimate of drug-likeness (QED) is 0.194. The Labute approximate surface area is 208 Å². The maximum absolute atomic E-state index is 13.3. The fourth-order valence-corrected chi connectivity index (χ4v) is 5.79. The highest BCUT2D eigenvalue weighted by Crippen LogP contribution is 2.40. The van der Waals surface area contributed by atoms with E-state index in [2.05, 4.69) is 5.32 Å². The molecule has 2 N–H and O–H groups in total. The van der Waals surface area contributed by atoms with Gasteiger partial charge in [0.25, 0.3) is 5.91 Å². The number of fused-ring (bicyclic) bond motifs is 1. The van der Waals surface area contributed by atoms with Crippen LogP contribution >= 0.6 is 44.0 Å². The zero-order valence-corrected chi connectivity index (χ0v) is 20.8. The number of carbonyl (C=O) groups excluding carboxylic acids is 1. The Bertz CT molecular complexity index is 1250. The Morgan fingerprint density at radius 1 is 0.939 bits per heavy atom. The molecule has 0 aliphatic rings. The van der Waals surface area contributed by atoms with Gasteiger partial charge in [0.05, 0.1) is 17.5 Å². The van der Waals surface area contributed by atoms with Crippen molar-refractivity contribution in [3.8, 4) is 0 Å². The Hall–Kier alpha value is -2.27. The highest BCUT2D eigenvalue weighted by molar-refractivity contribution is 8.00. The molecule has 8 heteroatoms. The Balaban J connectivity index is 1.74. The molecule has 0 radical (unpaired) electrons. The zero-order valence-electron chi connectivity index (χ0n) is 17.5. The van der Waals surface area contributed by atoms with Gasteiger partial charge in [0, 0.05) is 35.7 Å². The summed E-state index contributed by atoms with van der Waals surface area (Å²) in [5.74, 6) is -0.185. The van der Waals surface area contributed by atoms with E-state index in [0.29, 0.717) is 28.4 Å². The Kier molecular flexibility index (Phi) is 8.13. The van der Waals surface area contributed by atoms with Crippen molar-refractivity contribution in [2.24, 2.45) is 0 Å². The number of benzene rings is 4. The molecule has 33 heavy (non-hydrogen) atoms. The maximum atomic E-state index is 13.3. The van der Waals surface area contributed by atoms with Crippen molar-refractivity contribution < 1.29 is 9.69 Å². The second-order valence-electron chi connectivity index (χ2n) is 7.24. The summed E-state index contributed by atoms with van der Waals surface area (Å²) in [5.41, 5.74) is 2.29. The molecule has 0 aromatic heterocycles. The van der Waals surface area contributed by atoms with E-state index >= 15 is 0 Å². The van der Waals surface area contributed by atoms with Crippen molar-refractivity contribution >= 4 is 66.3 Å². The largest absolute Gasteiger partial charge is 0.375 e. The summed E-state index contributed by atoms with van der Waals surface area (Å²) in [6.45, 7) is 0.421. The number of amides is 1. The van der Waals surface area contributed by atoms with Crippen molar-refractivity contribution in [3.63, 3.8) is 0 Å². The monoisotopic (exact) mass is 514 g/mol. The molecule has 4 aromatic carbocycles. The number of rotatable bonds is 8. The molecule has 4 nitrogen and oxygen atoms in total. The lowest BCUT2D eigenvalue weighted by atomic mass is 10.0. The molecular weight excluding hydrogens is 494 g/mol. The molecule has 1 unspecified atom stereocenters. The van der Waals surface area contributed by atoms with E-state index in [1.807, 2.05) is 83.2 Å². The minimum absolute atomic E-state index is 0.185. The molecule has 168 valence electrons. The fraction of sp³-hybridized carbons (Fsp3) is 0.0800. The van der Waals surface area contributed by atoms with Gasteiger partial charge in [0.15, 0.2) is 0 Å².